The van der Waals surface area contributed by atoms with Crippen LogP contribution in [-0.4, -0.2) is 6.61 Å². The molecule has 0 heterocycles. The van der Waals surface area contributed by atoms with Crippen LogP contribution in [0.15, 0.2) is 60.7 Å². The van der Waals surface area contributed by atoms with Gasteiger partial charge in [0.15, 0.2) is 5.75 Å². The van der Waals surface area contributed by atoms with Crippen molar-refractivity contribution in [2.75, 3.05) is 12.3 Å². The smallest absolute Gasteiger partial charge is 0.150 e. The molecule has 3 aromatic rings. The van der Waals surface area contributed by atoms with E-state index >= 15 is 0 Å². The van der Waals surface area contributed by atoms with Crippen LogP contribution in [0, 0.1) is 11.6 Å². The lowest BCUT2D eigenvalue weighted by molar-refractivity contribution is 0.304. The highest BCUT2D eigenvalue weighted by Gasteiger charge is 2.06. The van der Waals surface area contributed by atoms with E-state index in [9.17, 15) is 8.78 Å². The van der Waals surface area contributed by atoms with Gasteiger partial charge in [-0.15, -0.1) is 12.4 Å². The monoisotopic (exact) mass is 407 g/mol. The van der Waals surface area contributed by atoms with Crippen LogP contribution in [0.1, 0.15) is 12.5 Å². The van der Waals surface area contributed by atoms with Crippen molar-refractivity contribution in [1.82, 2.24) is 0 Å². The number of hydrogen-bond acceptors (Lipinski definition) is 4. The summed E-state index contributed by atoms with van der Waals surface area (Å²) in [5.74, 6) is 1.06. The van der Waals surface area contributed by atoms with Crippen molar-refractivity contribution in [3.63, 3.8) is 0 Å². The number of anilines is 1. The van der Waals surface area contributed by atoms with Crippen LogP contribution >= 0.6 is 12.4 Å². The standard InChI is InChI=1S/C21H19F2NO3.ClH/c1-2-25-19-7-8-21(20(24)12-19)27-18-5-3-17(4-6-18)26-13-14-9-15(22)11-16(23)10-14;/h3-12H,2,13,24H2,1H3;1H. The maximum absolute atomic E-state index is 13.2. The third-order valence-corrected chi connectivity index (χ3v) is 3.67. The molecule has 3 rings (SSSR count). The minimum Gasteiger partial charge on any atom is -0.494 e. The van der Waals surface area contributed by atoms with Gasteiger partial charge in [0.25, 0.3) is 0 Å². The number of rotatable bonds is 7. The van der Waals surface area contributed by atoms with E-state index in [1.165, 1.54) is 12.1 Å². The maximum atomic E-state index is 13.2. The average Bonchev–Trinajstić information content (AvgIpc) is 2.63. The number of hydrogen-bond donors (Lipinski definition) is 1. The fraction of sp³-hybridized carbons (Fsp3) is 0.143. The minimum atomic E-state index is -0.634. The van der Waals surface area contributed by atoms with Crippen LogP contribution in [0.25, 0.3) is 0 Å². The van der Waals surface area contributed by atoms with Crippen LogP contribution < -0.4 is 19.9 Å². The first-order valence-electron chi connectivity index (χ1n) is 8.41. The molecule has 0 aliphatic heterocycles. The van der Waals surface area contributed by atoms with Gasteiger partial charge in [-0.25, -0.2) is 8.78 Å². The zero-order valence-corrected chi connectivity index (χ0v) is 16.0. The molecule has 3 aromatic carbocycles. The molecule has 0 saturated heterocycles. The van der Waals surface area contributed by atoms with Crippen molar-refractivity contribution in [2.45, 2.75) is 13.5 Å². The normalized spacial score (nSPS) is 10.1. The Bertz CT molecular complexity index is 900. The number of nitrogens with two attached hydrogens (primary N) is 1. The second-order valence-electron chi connectivity index (χ2n) is 5.77. The van der Waals surface area contributed by atoms with Crippen LogP contribution in [-0.2, 0) is 6.61 Å². The first-order valence-corrected chi connectivity index (χ1v) is 8.41. The molecule has 0 aromatic heterocycles. The summed E-state index contributed by atoms with van der Waals surface area (Å²) in [7, 11) is 0. The first kappa shape index (κ1) is 21.3. The molecular formula is C21H20ClF2NO3. The van der Waals surface area contributed by atoms with E-state index in [2.05, 4.69) is 0 Å². The predicted molar refractivity (Wildman–Crippen MR) is 106 cm³/mol. The number of ether oxygens (including phenoxy) is 3. The predicted octanol–water partition coefficient (Wildman–Crippen LogP) is 5.74. The zero-order chi connectivity index (χ0) is 19.2. The molecule has 0 spiro atoms. The summed E-state index contributed by atoms with van der Waals surface area (Å²) in [6, 6.07) is 15.4. The van der Waals surface area contributed by atoms with Crippen molar-refractivity contribution >= 4 is 18.1 Å². The Morgan fingerprint density at radius 3 is 2.00 bits per heavy atom. The van der Waals surface area contributed by atoms with E-state index in [4.69, 9.17) is 19.9 Å². The molecule has 0 aliphatic carbocycles. The molecule has 0 bridgehead atoms. The molecule has 0 aliphatic rings. The molecule has 0 fully saturated rings. The molecule has 0 amide bonds. The Kier molecular flexibility index (Phi) is 7.46. The lowest BCUT2D eigenvalue weighted by Gasteiger charge is -2.11. The summed E-state index contributed by atoms with van der Waals surface area (Å²) in [4.78, 5) is 0. The highest BCUT2D eigenvalue weighted by molar-refractivity contribution is 5.85. The fourth-order valence-electron chi connectivity index (χ4n) is 2.47. The molecule has 2 N–H and O–H groups in total. The van der Waals surface area contributed by atoms with E-state index in [0.29, 0.717) is 40.9 Å². The second-order valence-corrected chi connectivity index (χ2v) is 5.77. The van der Waals surface area contributed by atoms with Crippen molar-refractivity contribution < 1.29 is 23.0 Å². The van der Waals surface area contributed by atoms with Gasteiger partial charge in [0.2, 0.25) is 0 Å². The number of nitrogen functional groups attached to an aromatic ring is 1. The number of halogens is 3. The van der Waals surface area contributed by atoms with Crippen LogP contribution in [0.4, 0.5) is 14.5 Å². The van der Waals surface area contributed by atoms with Gasteiger partial charge in [-0.1, -0.05) is 0 Å². The van der Waals surface area contributed by atoms with Crippen molar-refractivity contribution in [2.24, 2.45) is 0 Å². The van der Waals surface area contributed by atoms with Crippen molar-refractivity contribution in [3.8, 4) is 23.0 Å². The Hall–Kier alpha value is -2.99. The van der Waals surface area contributed by atoms with Crippen LogP contribution in [0.5, 0.6) is 23.0 Å². The summed E-state index contributed by atoms with van der Waals surface area (Å²) in [6.07, 6.45) is 0. The van der Waals surface area contributed by atoms with Crippen molar-refractivity contribution in [1.29, 1.82) is 0 Å². The van der Waals surface area contributed by atoms with E-state index in [-0.39, 0.29) is 19.0 Å². The summed E-state index contributed by atoms with van der Waals surface area (Å²) >= 11 is 0. The van der Waals surface area contributed by atoms with E-state index in [0.717, 1.165) is 6.07 Å². The van der Waals surface area contributed by atoms with Gasteiger partial charge in [-0.05, 0) is 61.0 Å². The molecule has 28 heavy (non-hydrogen) atoms. The van der Waals surface area contributed by atoms with Gasteiger partial charge in [-0.3, -0.25) is 0 Å². The van der Waals surface area contributed by atoms with Gasteiger partial charge in [0, 0.05) is 12.1 Å². The van der Waals surface area contributed by atoms with Gasteiger partial charge < -0.3 is 19.9 Å². The summed E-state index contributed by atoms with van der Waals surface area (Å²) in [6.45, 7) is 2.51. The second kappa shape index (κ2) is 9.80. The molecule has 7 heteroatoms. The topological polar surface area (TPSA) is 53.7 Å². The summed E-state index contributed by atoms with van der Waals surface area (Å²) < 4.78 is 43.1. The van der Waals surface area contributed by atoms with E-state index in [1.807, 2.05) is 6.92 Å². The number of benzene rings is 3. The highest BCUT2D eigenvalue weighted by atomic mass is 35.5. The fourth-order valence-corrected chi connectivity index (χ4v) is 2.47. The van der Waals surface area contributed by atoms with Crippen LogP contribution in [0.2, 0.25) is 0 Å². The van der Waals surface area contributed by atoms with E-state index < -0.39 is 11.6 Å². The van der Waals surface area contributed by atoms with Crippen LogP contribution in [0.3, 0.4) is 0 Å². The quantitative estimate of drug-likeness (QED) is 0.507. The zero-order valence-electron chi connectivity index (χ0n) is 15.2. The summed E-state index contributed by atoms with van der Waals surface area (Å²) in [5.41, 5.74) is 6.85. The molecule has 0 unspecified atom stereocenters. The third kappa shape index (κ3) is 5.76. The Labute approximate surface area is 168 Å². The third-order valence-electron chi connectivity index (χ3n) is 3.67. The minimum absolute atomic E-state index is 0. The molecular weight excluding hydrogens is 388 g/mol. The Balaban J connectivity index is 0.00000280. The highest BCUT2D eigenvalue weighted by Crippen LogP contribution is 2.31. The van der Waals surface area contributed by atoms with Gasteiger partial charge in [-0.2, -0.15) is 0 Å². The van der Waals surface area contributed by atoms with Gasteiger partial charge in [0.05, 0.1) is 12.3 Å². The molecule has 0 radical (unpaired) electrons. The Morgan fingerprint density at radius 1 is 0.786 bits per heavy atom. The molecule has 0 atom stereocenters. The molecule has 0 saturated carbocycles. The van der Waals surface area contributed by atoms with Gasteiger partial charge >= 0.3 is 0 Å². The maximum Gasteiger partial charge on any atom is 0.150 e. The first-order chi connectivity index (χ1) is 13.0. The lowest BCUT2D eigenvalue weighted by atomic mass is 10.2. The lowest BCUT2D eigenvalue weighted by Crippen LogP contribution is -1.97. The summed E-state index contributed by atoms with van der Waals surface area (Å²) in [5, 5.41) is 0. The van der Waals surface area contributed by atoms with E-state index in [1.54, 1.807) is 42.5 Å². The molecule has 4 nitrogen and oxygen atoms in total. The SMILES string of the molecule is CCOc1ccc(Oc2ccc(OCc3cc(F)cc(F)c3)cc2)c(N)c1.Cl. The largest absolute Gasteiger partial charge is 0.494 e. The molecule has 148 valence electrons. The van der Waals surface area contributed by atoms with Crippen molar-refractivity contribution in [3.05, 3.63) is 77.9 Å². The Morgan fingerprint density at radius 2 is 1.39 bits per heavy atom. The van der Waals surface area contributed by atoms with Gasteiger partial charge in [0.1, 0.15) is 35.5 Å². The average molecular weight is 408 g/mol.